The zero-order chi connectivity index (χ0) is 15.1. The van der Waals surface area contributed by atoms with E-state index in [9.17, 15) is 4.79 Å². The van der Waals surface area contributed by atoms with Crippen LogP contribution in [0.4, 0.5) is 0 Å². The van der Waals surface area contributed by atoms with Crippen LogP contribution in [-0.2, 0) is 4.79 Å². The van der Waals surface area contributed by atoms with E-state index in [1.807, 2.05) is 6.92 Å². The van der Waals surface area contributed by atoms with Gasteiger partial charge in [0.15, 0.2) is 0 Å². The molecule has 128 valence electrons. The number of nitrogens with zero attached hydrogens (tertiary/aromatic N) is 1. The molecule has 0 saturated heterocycles. The van der Waals surface area contributed by atoms with Crippen molar-refractivity contribution in [2.45, 2.75) is 78.1 Å². The lowest BCUT2D eigenvalue weighted by Crippen LogP contribution is -2.41. The van der Waals surface area contributed by atoms with Gasteiger partial charge < -0.3 is 5.11 Å². The van der Waals surface area contributed by atoms with Crippen molar-refractivity contribution in [3.05, 3.63) is 0 Å². The molecule has 0 rings (SSSR count). The molecule has 0 heterocycles. The van der Waals surface area contributed by atoms with Crippen LogP contribution in [0.3, 0.4) is 0 Å². The van der Waals surface area contributed by atoms with Gasteiger partial charge in [0, 0.05) is 13.1 Å². The predicted molar refractivity (Wildman–Crippen MR) is 92.0 cm³/mol. The average Bonchev–Trinajstić information content (AvgIpc) is 2.43. The van der Waals surface area contributed by atoms with Crippen LogP contribution in [0.15, 0.2) is 0 Å². The Labute approximate surface area is 137 Å². The SMILES string of the molecule is CCCCCCCCCCCCNN(CC)CC(=O)O.Cl. The molecule has 0 amide bonds. The van der Waals surface area contributed by atoms with Gasteiger partial charge in [0.25, 0.3) is 0 Å². The third kappa shape index (κ3) is 17.6. The normalized spacial score (nSPS) is 10.6. The summed E-state index contributed by atoms with van der Waals surface area (Å²) in [7, 11) is 0. The highest BCUT2D eigenvalue weighted by molar-refractivity contribution is 5.85. The van der Waals surface area contributed by atoms with Crippen LogP contribution >= 0.6 is 12.4 Å². The number of hydrogen-bond acceptors (Lipinski definition) is 3. The third-order valence-electron chi connectivity index (χ3n) is 3.57. The van der Waals surface area contributed by atoms with Crippen LogP contribution in [0, 0.1) is 0 Å². The van der Waals surface area contributed by atoms with Gasteiger partial charge in [0.1, 0.15) is 6.54 Å². The molecule has 5 heteroatoms. The van der Waals surface area contributed by atoms with Crippen molar-refractivity contribution in [2.24, 2.45) is 0 Å². The highest BCUT2D eigenvalue weighted by Crippen LogP contribution is 2.10. The van der Waals surface area contributed by atoms with E-state index in [0.717, 1.165) is 19.5 Å². The standard InChI is InChI=1S/C16H34N2O2.ClH/c1-3-5-6-7-8-9-10-11-12-13-14-17-18(4-2)15-16(19)20;/h17H,3-15H2,1-2H3,(H,19,20);1H. The zero-order valence-corrected chi connectivity index (χ0v) is 14.7. The molecule has 0 saturated carbocycles. The van der Waals surface area contributed by atoms with E-state index in [0.29, 0.717) is 0 Å². The molecular formula is C16H35ClN2O2. The lowest BCUT2D eigenvalue weighted by atomic mass is 10.1. The fourth-order valence-electron chi connectivity index (χ4n) is 2.29. The van der Waals surface area contributed by atoms with E-state index in [1.165, 1.54) is 57.8 Å². The summed E-state index contributed by atoms with van der Waals surface area (Å²) in [6.07, 6.45) is 13.3. The van der Waals surface area contributed by atoms with Gasteiger partial charge in [-0.3, -0.25) is 10.2 Å². The van der Waals surface area contributed by atoms with Crippen molar-refractivity contribution in [1.82, 2.24) is 10.4 Å². The number of aliphatic carboxylic acids is 1. The number of hydrogen-bond donors (Lipinski definition) is 2. The summed E-state index contributed by atoms with van der Waals surface area (Å²) < 4.78 is 0. The van der Waals surface area contributed by atoms with E-state index in [1.54, 1.807) is 5.01 Å². The highest BCUT2D eigenvalue weighted by atomic mass is 35.5. The fourth-order valence-corrected chi connectivity index (χ4v) is 2.29. The number of rotatable bonds is 15. The van der Waals surface area contributed by atoms with Crippen LogP contribution in [-0.4, -0.2) is 35.7 Å². The number of likely N-dealkylation sites (N-methyl/N-ethyl adjacent to an activating group) is 1. The molecule has 0 radical (unpaired) electrons. The molecule has 0 aliphatic rings. The summed E-state index contributed by atoms with van der Waals surface area (Å²) in [5.41, 5.74) is 3.18. The highest BCUT2D eigenvalue weighted by Gasteiger charge is 2.05. The molecule has 0 aromatic rings. The van der Waals surface area contributed by atoms with Gasteiger partial charge in [-0.1, -0.05) is 71.6 Å². The maximum Gasteiger partial charge on any atom is 0.319 e. The molecule has 0 fully saturated rings. The van der Waals surface area contributed by atoms with Crippen LogP contribution in [0.5, 0.6) is 0 Å². The quantitative estimate of drug-likeness (QED) is 0.350. The first-order valence-electron chi connectivity index (χ1n) is 8.41. The van der Waals surface area contributed by atoms with Crippen LogP contribution in [0.25, 0.3) is 0 Å². The smallest absolute Gasteiger partial charge is 0.319 e. The Hall–Kier alpha value is -0.320. The van der Waals surface area contributed by atoms with Crippen LogP contribution in [0.2, 0.25) is 0 Å². The summed E-state index contributed by atoms with van der Waals surface area (Å²) in [6, 6.07) is 0. The second-order valence-electron chi connectivity index (χ2n) is 5.50. The first-order valence-corrected chi connectivity index (χ1v) is 8.41. The Morgan fingerprint density at radius 2 is 1.38 bits per heavy atom. The van der Waals surface area contributed by atoms with Gasteiger partial charge in [-0.05, 0) is 6.42 Å². The largest absolute Gasteiger partial charge is 0.480 e. The van der Waals surface area contributed by atoms with Crippen molar-refractivity contribution in [3.8, 4) is 0 Å². The van der Waals surface area contributed by atoms with Crippen LogP contribution in [0.1, 0.15) is 78.1 Å². The first kappa shape index (κ1) is 23.0. The Balaban J connectivity index is 0. The van der Waals surface area contributed by atoms with Gasteiger partial charge in [0.05, 0.1) is 0 Å². The topological polar surface area (TPSA) is 52.6 Å². The number of hydrazine groups is 1. The van der Waals surface area contributed by atoms with E-state index >= 15 is 0 Å². The molecule has 0 aromatic carbocycles. The van der Waals surface area contributed by atoms with Gasteiger partial charge >= 0.3 is 5.97 Å². The predicted octanol–water partition coefficient (Wildman–Crippen LogP) is 4.24. The maximum absolute atomic E-state index is 10.6. The third-order valence-corrected chi connectivity index (χ3v) is 3.57. The number of halogens is 1. The summed E-state index contributed by atoms with van der Waals surface area (Å²) in [5, 5.41) is 10.5. The Morgan fingerprint density at radius 1 is 0.905 bits per heavy atom. The zero-order valence-electron chi connectivity index (χ0n) is 13.9. The molecule has 2 N–H and O–H groups in total. The van der Waals surface area contributed by atoms with Gasteiger partial charge in [-0.2, -0.15) is 0 Å². The Morgan fingerprint density at radius 3 is 1.81 bits per heavy atom. The summed E-state index contributed by atoms with van der Waals surface area (Å²) in [5.74, 6) is -0.776. The van der Waals surface area contributed by atoms with Crippen molar-refractivity contribution in [2.75, 3.05) is 19.6 Å². The first-order chi connectivity index (χ1) is 9.70. The minimum atomic E-state index is -0.776. The van der Waals surface area contributed by atoms with E-state index in [-0.39, 0.29) is 19.0 Å². The lowest BCUT2D eigenvalue weighted by molar-refractivity contribution is -0.139. The number of unbranched alkanes of at least 4 members (excludes halogenated alkanes) is 9. The average molecular weight is 323 g/mol. The molecule has 0 aliphatic heterocycles. The van der Waals surface area contributed by atoms with Crippen molar-refractivity contribution in [3.63, 3.8) is 0 Å². The Bertz CT molecular complexity index is 228. The summed E-state index contributed by atoms with van der Waals surface area (Å²) >= 11 is 0. The molecule has 0 bridgehead atoms. The molecule has 4 nitrogen and oxygen atoms in total. The molecular weight excluding hydrogens is 288 g/mol. The monoisotopic (exact) mass is 322 g/mol. The number of nitrogens with one attached hydrogen (secondary N) is 1. The van der Waals surface area contributed by atoms with Crippen molar-refractivity contribution < 1.29 is 9.90 Å². The maximum atomic E-state index is 10.6. The molecule has 0 aromatic heterocycles. The fraction of sp³-hybridized carbons (Fsp3) is 0.938. The molecule has 0 aliphatic carbocycles. The molecule has 0 unspecified atom stereocenters. The molecule has 0 spiro atoms. The number of carboxylic acid groups (broad SMARTS) is 1. The number of carboxylic acids is 1. The van der Waals surface area contributed by atoms with E-state index in [2.05, 4.69) is 12.3 Å². The second kappa shape index (κ2) is 17.7. The minimum absolute atomic E-state index is 0. The Kier molecular flexibility index (Phi) is 19.4. The van der Waals surface area contributed by atoms with E-state index < -0.39 is 5.97 Å². The summed E-state index contributed by atoms with van der Waals surface area (Å²) in [6.45, 7) is 5.91. The number of carbonyl (C=O) groups is 1. The minimum Gasteiger partial charge on any atom is -0.480 e. The molecule has 0 atom stereocenters. The van der Waals surface area contributed by atoms with Crippen molar-refractivity contribution >= 4 is 18.4 Å². The molecule has 21 heavy (non-hydrogen) atoms. The lowest BCUT2D eigenvalue weighted by Gasteiger charge is -2.19. The van der Waals surface area contributed by atoms with Crippen LogP contribution < -0.4 is 5.43 Å². The summed E-state index contributed by atoms with van der Waals surface area (Å²) in [4.78, 5) is 10.6. The van der Waals surface area contributed by atoms with Gasteiger partial charge in [0.2, 0.25) is 0 Å². The van der Waals surface area contributed by atoms with Gasteiger partial charge in [-0.25, -0.2) is 5.01 Å². The van der Waals surface area contributed by atoms with Crippen molar-refractivity contribution in [1.29, 1.82) is 0 Å². The second-order valence-corrected chi connectivity index (χ2v) is 5.50. The van der Waals surface area contributed by atoms with E-state index in [4.69, 9.17) is 5.11 Å². The van der Waals surface area contributed by atoms with Gasteiger partial charge in [-0.15, -0.1) is 12.4 Å².